The second kappa shape index (κ2) is 5.63. The fourth-order valence-corrected chi connectivity index (χ4v) is 2.15. The van der Waals surface area contributed by atoms with Crippen LogP contribution in [0.4, 0.5) is 5.82 Å². The number of hydrogen-bond acceptors (Lipinski definition) is 4. The highest BCUT2D eigenvalue weighted by Gasteiger charge is 2.21. The summed E-state index contributed by atoms with van der Waals surface area (Å²) in [6.45, 7) is 10.8. The molecular weight excluding hydrogens is 262 g/mol. The van der Waals surface area contributed by atoms with Crippen LogP contribution in [0.15, 0.2) is 0 Å². The van der Waals surface area contributed by atoms with E-state index in [1.54, 1.807) is 0 Å². The van der Waals surface area contributed by atoms with Gasteiger partial charge in [-0.15, -0.1) is 0 Å². The van der Waals surface area contributed by atoms with Crippen molar-refractivity contribution in [2.75, 3.05) is 25.1 Å². The van der Waals surface area contributed by atoms with Crippen molar-refractivity contribution >= 4 is 17.4 Å². The molecule has 0 radical (unpaired) electrons. The van der Waals surface area contributed by atoms with E-state index in [4.69, 9.17) is 16.3 Å². The molecule has 5 heteroatoms. The standard InChI is InChI=1S/C14H22ClN3O/c1-9-11(15)17-13(14(2,3)4)18-12(9)16-7-10-5-6-19-8-10/h10H,5-8H2,1-4H3,(H,16,17,18). The number of hydrogen-bond donors (Lipinski definition) is 1. The van der Waals surface area contributed by atoms with Crippen molar-refractivity contribution in [2.24, 2.45) is 5.92 Å². The molecule has 4 nitrogen and oxygen atoms in total. The number of nitrogens with one attached hydrogen (secondary N) is 1. The minimum absolute atomic E-state index is 0.107. The maximum atomic E-state index is 6.20. The second-order valence-corrected chi connectivity index (χ2v) is 6.53. The van der Waals surface area contributed by atoms with E-state index >= 15 is 0 Å². The van der Waals surface area contributed by atoms with Crippen LogP contribution in [0.2, 0.25) is 5.15 Å². The first-order chi connectivity index (χ1) is 8.88. The van der Waals surface area contributed by atoms with Gasteiger partial charge in [0.1, 0.15) is 16.8 Å². The van der Waals surface area contributed by atoms with E-state index in [9.17, 15) is 0 Å². The molecular formula is C14H22ClN3O. The van der Waals surface area contributed by atoms with Crippen LogP contribution < -0.4 is 5.32 Å². The summed E-state index contributed by atoms with van der Waals surface area (Å²) in [6, 6.07) is 0. The summed E-state index contributed by atoms with van der Waals surface area (Å²) in [6.07, 6.45) is 1.11. The lowest BCUT2D eigenvalue weighted by molar-refractivity contribution is 0.187. The number of rotatable bonds is 3. The molecule has 1 fully saturated rings. The average Bonchev–Trinajstić information content (AvgIpc) is 2.82. The minimum Gasteiger partial charge on any atom is -0.381 e. The topological polar surface area (TPSA) is 47.0 Å². The summed E-state index contributed by atoms with van der Waals surface area (Å²) < 4.78 is 5.38. The van der Waals surface area contributed by atoms with Crippen LogP contribution in [0.3, 0.4) is 0 Å². The van der Waals surface area contributed by atoms with Crippen molar-refractivity contribution in [3.05, 3.63) is 16.5 Å². The van der Waals surface area contributed by atoms with Gasteiger partial charge in [0.25, 0.3) is 0 Å². The van der Waals surface area contributed by atoms with Gasteiger partial charge in [-0.2, -0.15) is 0 Å². The normalized spacial score (nSPS) is 19.7. The molecule has 2 rings (SSSR count). The average molecular weight is 284 g/mol. The van der Waals surface area contributed by atoms with E-state index in [2.05, 4.69) is 36.1 Å². The third-order valence-electron chi connectivity index (χ3n) is 3.34. The van der Waals surface area contributed by atoms with Gasteiger partial charge in [0, 0.05) is 30.0 Å². The summed E-state index contributed by atoms with van der Waals surface area (Å²) in [7, 11) is 0. The van der Waals surface area contributed by atoms with Crippen molar-refractivity contribution in [1.82, 2.24) is 9.97 Å². The van der Waals surface area contributed by atoms with Crippen LogP contribution in [0.5, 0.6) is 0 Å². The molecule has 2 heterocycles. The second-order valence-electron chi connectivity index (χ2n) is 6.17. The van der Waals surface area contributed by atoms with Crippen molar-refractivity contribution in [3.8, 4) is 0 Å². The largest absolute Gasteiger partial charge is 0.381 e. The van der Waals surface area contributed by atoms with Crippen LogP contribution in [-0.4, -0.2) is 29.7 Å². The van der Waals surface area contributed by atoms with Crippen molar-refractivity contribution in [2.45, 2.75) is 39.5 Å². The molecule has 1 N–H and O–H groups in total. The highest BCUT2D eigenvalue weighted by atomic mass is 35.5. The number of halogens is 1. The Morgan fingerprint density at radius 1 is 1.37 bits per heavy atom. The van der Waals surface area contributed by atoms with Crippen LogP contribution in [-0.2, 0) is 10.2 Å². The Labute approximate surface area is 119 Å². The quantitative estimate of drug-likeness (QED) is 0.866. The van der Waals surface area contributed by atoms with Crippen molar-refractivity contribution in [3.63, 3.8) is 0 Å². The number of aromatic nitrogens is 2. The molecule has 19 heavy (non-hydrogen) atoms. The van der Waals surface area contributed by atoms with Gasteiger partial charge in [-0.1, -0.05) is 32.4 Å². The highest BCUT2D eigenvalue weighted by molar-refractivity contribution is 6.30. The van der Waals surface area contributed by atoms with E-state index in [0.717, 1.165) is 43.4 Å². The third kappa shape index (κ3) is 3.57. The van der Waals surface area contributed by atoms with E-state index in [0.29, 0.717) is 11.1 Å². The number of anilines is 1. The monoisotopic (exact) mass is 283 g/mol. The highest BCUT2D eigenvalue weighted by Crippen LogP contribution is 2.26. The zero-order valence-electron chi connectivity index (χ0n) is 12.1. The van der Waals surface area contributed by atoms with Gasteiger partial charge in [-0.05, 0) is 13.3 Å². The first-order valence-electron chi connectivity index (χ1n) is 6.74. The molecule has 0 aromatic carbocycles. The first kappa shape index (κ1) is 14.5. The van der Waals surface area contributed by atoms with Crippen LogP contribution in [0.1, 0.15) is 38.6 Å². The first-order valence-corrected chi connectivity index (χ1v) is 7.12. The van der Waals surface area contributed by atoms with Gasteiger partial charge in [0.2, 0.25) is 0 Å². The van der Waals surface area contributed by atoms with E-state index in [1.807, 2.05) is 6.92 Å². The van der Waals surface area contributed by atoms with Crippen LogP contribution in [0.25, 0.3) is 0 Å². The Bertz CT molecular complexity index is 451. The van der Waals surface area contributed by atoms with E-state index < -0.39 is 0 Å². The predicted molar refractivity (Wildman–Crippen MR) is 77.9 cm³/mol. The molecule has 0 amide bonds. The van der Waals surface area contributed by atoms with E-state index in [-0.39, 0.29) is 5.41 Å². The lowest BCUT2D eigenvalue weighted by Crippen LogP contribution is -2.20. The fraction of sp³-hybridized carbons (Fsp3) is 0.714. The molecule has 1 aromatic rings. The van der Waals surface area contributed by atoms with Gasteiger partial charge in [0.15, 0.2) is 0 Å². The molecule has 0 aliphatic carbocycles. The molecule has 0 bridgehead atoms. The van der Waals surface area contributed by atoms with Crippen LogP contribution >= 0.6 is 11.6 Å². The van der Waals surface area contributed by atoms with Gasteiger partial charge in [0.05, 0.1) is 6.61 Å². The van der Waals surface area contributed by atoms with E-state index in [1.165, 1.54) is 0 Å². The molecule has 1 atom stereocenters. The molecule has 1 saturated heterocycles. The number of nitrogens with zero attached hydrogens (tertiary/aromatic N) is 2. The molecule has 1 aliphatic rings. The zero-order chi connectivity index (χ0) is 14.0. The van der Waals surface area contributed by atoms with Crippen molar-refractivity contribution < 1.29 is 4.74 Å². The predicted octanol–water partition coefficient (Wildman–Crippen LogP) is 3.18. The molecule has 0 saturated carbocycles. The van der Waals surface area contributed by atoms with Gasteiger partial charge in [-0.3, -0.25) is 0 Å². The maximum absolute atomic E-state index is 6.20. The van der Waals surface area contributed by atoms with Crippen LogP contribution in [0, 0.1) is 12.8 Å². The lowest BCUT2D eigenvalue weighted by atomic mass is 9.95. The SMILES string of the molecule is Cc1c(Cl)nc(C(C)(C)C)nc1NCC1CCOC1. The summed E-state index contributed by atoms with van der Waals surface area (Å²) in [5, 5.41) is 3.93. The van der Waals surface area contributed by atoms with Gasteiger partial charge >= 0.3 is 0 Å². The van der Waals surface area contributed by atoms with Gasteiger partial charge in [-0.25, -0.2) is 9.97 Å². The molecule has 1 aliphatic heterocycles. The maximum Gasteiger partial charge on any atom is 0.137 e. The Balaban J connectivity index is 2.16. The Hall–Kier alpha value is -0.870. The molecule has 0 spiro atoms. The smallest absolute Gasteiger partial charge is 0.137 e. The molecule has 1 aromatic heterocycles. The summed E-state index contributed by atoms with van der Waals surface area (Å²) >= 11 is 6.20. The van der Waals surface area contributed by atoms with Gasteiger partial charge < -0.3 is 10.1 Å². The summed E-state index contributed by atoms with van der Waals surface area (Å²) in [5.74, 6) is 2.18. The fourth-order valence-electron chi connectivity index (χ4n) is 1.98. The summed E-state index contributed by atoms with van der Waals surface area (Å²) in [4.78, 5) is 8.99. The Morgan fingerprint density at radius 3 is 2.68 bits per heavy atom. The minimum atomic E-state index is -0.107. The lowest BCUT2D eigenvalue weighted by Gasteiger charge is -2.20. The van der Waals surface area contributed by atoms with Crippen molar-refractivity contribution in [1.29, 1.82) is 0 Å². The Morgan fingerprint density at radius 2 is 2.11 bits per heavy atom. The number of ether oxygens (including phenoxy) is 1. The molecule has 1 unspecified atom stereocenters. The summed E-state index contributed by atoms with van der Waals surface area (Å²) in [5.41, 5.74) is 0.804. The third-order valence-corrected chi connectivity index (χ3v) is 3.71. The molecule has 106 valence electrons. The Kier molecular flexibility index (Phi) is 4.31. The zero-order valence-corrected chi connectivity index (χ0v) is 12.8.